The second-order valence-electron chi connectivity index (χ2n) is 5.93. The zero-order valence-corrected chi connectivity index (χ0v) is 16.4. The molecule has 1 N–H and O–H groups in total. The van der Waals surface area contributed by atoms with Crippen molar-refractivity contribution < 1.29 is 14.3 Å². The van der Waals surface area contributed by atoms with Gasteiger partial charge in [0, 0.05) is 31.4 Å². The van der Waals surface area contributed by atoms with Gasteiger partial charge in [-0.25, -0.2) is 4.98 Å². The number of carbonyl (C=O) groups excluding carboxylic acids is 1. The van der Waals surface area contributed by atoms with Crippen LogP contribution in [-0.2, 0) is 4.79 Å². The molecule has 0 atom stereocenters. The van der Waals surface area contributed by atoms with E-state index in [4.69, 9.17) is 14.5 Å². The molecule has 0 aliphatic rings. The molecule has 0 saturated carbocycles. The second kappa shape index (κ2) is 8.77. The van der Waals surface area contributed by atoms with Crippen LogP contribution >= 0.6 is 11.8 Å². The molecule has 0 unspecified atom stereocenters. The summed E-state index contributed by atoms with van der Waals surface area (Å²) in [5.74, 6) is 2.14. The van der Waals surface area contributed by atoms with Crippen LogP contribution in [0.1, 0.15) is 6.92 Å². The van der Waals surface area contributed by atoms with E-state index in [-0.39, 0.29) is 5.91 Å². The molecule has 27 heavy (non-hydrogen) atoms. The van der Waals surface area contributed by atoms with E-state index in [1.165, 1.54) is 6.92 Å². The Balaban J connectivity index is 2.09. The fourth-order valence-corrected chi connectivity index (χ4v) is 3.64. The number of ether oxygens (including phenoxy) is 2. The van der Waals surface area contributed by atoms with E-state index in [1.807, 2.05) is 30.3 Å². The SMILES string of the molecule is COc1cc(OC)c2c(-c3ccccc3)cc(SCCNC(C)=O)nc2c1. The lowest BCUT2D eigenvalue weighted by atomic mass is 10.0. The van der Waals surface area contributed by atoms with Crippen molar-refractivity contribution >= 4 is 28.6 Å². The van der Waals surface area contributed by atoms with Crippen LogP contribution in [0.4, 0.5) is 0 Å². The Morgan fingerprint density at radius 3 is 2.56 bits per heavy atom. The molecule has 0 aliphatic carbocycles. The monoisotopic (exact) mass is 382 g/mol. The Bertz CT molecular complexity index is 945. The summed E-state index contributed by atoms with van der Waals surface area (Å²) in [7, 11) is 3.28. The third-order valence-corrected chi connectivity index (χ3v) is 5.00. The van der Waals surface area contributed by atoms with E-state index in [9.17, 15) is 4.79 Å². The van der Waals surface area contributed by atoms with Gasteiger partial charge in [-0.05, 0) is 17.2 Å². The Labute approximate surface area is 163 Å². The van der Waals surface area contributed by atoms with Gasteiger partial charge in [0.1, 0.15) is 11.5 Å². The number of aromatic nitrogens is 1. The van der Waals surface area contributed by atoms with Crippen molar-refractivity contribution in [2.75, 3.05) is 26.5 Å². The summed E-state index contributed by atoms with van der Waals surface area (Å²) in [6, 6.07) is 16.0. The molecule has 0 radical (unpaired) electrons. The Morgan fingerprint density at radius 1 is 1.11 bits per heavy atom. The van der Waals surface area contributed by atoms with Crippen LogP contribution < -0.4 is 14.8 Å². The van der Waals surface area contributed by atoms with Gasteiger partial charge in [0.25, 0.3) is 0 Å². The first kappa shape index (κ1) is 19.0. The molecule has 0 saturated heterocycles. The number of rotatable bonds is 7. The highest BCUT2D eigenvalue weighted by Gasteiger charge is 2.15. The molecule has 1 aromatic heterocycles. The number of pyridine rings is 1. The van der Waals surface area contributed by atoms with Crippen molar-refractivity contribution in [3.8, 4) is 22.6 Å². The minimum Gasteiger partial charge on any atom is -0.497 e. The molecule has 1 heterocycles. The number of methoxy groups -OCH3 is 2. The van der Waals surface area contributed by atoms with E-state index >= 15 is 0 Å². The zero-order valence-electron chi connectivity index (χ0n) is 15.6. The second-order valence-corrected chi connectivity index (χ2v) is 7.04. The Hall–Kier alpha value is -2.73. The molecular weight excluding hydrogens is 360 g/mol. The quantitative estimate of drug-likeness (QED) is 0.491. The first-order valence-corrected chi connectivity index (χ1v) is 9.60. The van der Waals surface area contributed by atoms with Crippen molar-refractivity contribution in [2.45, 2.75) is 11.9 Å². The summed E-state index contributed by atoms with van der Waals surface area (Å²) >= 11 is 1.61. The number of nitrogens with zero attached hydrogens (tertiary/aromatic N) is 1. The van der Waals surface area contributed by atoms with Gasteiger partial charge in [0.15, 0.2) is 0 Å². The number of carbonyl (C=O) groups is 1. The molecule has 140 valence electrons. The normalized spacial score (nSPS) is 10.6. The van der Waals surface area contributed by atoms with Gasteiger partial charge < -0.3 is 14.8 Å². The molecule has 0 aliphatic heterocycles. The van der Waals surface area contributed by atoms with Crippen LogP contribution in [0.5, 0.6) is 11.5 Å². The van der Waals surface area contributed by atoms with Gasteiger partial charge in [-0.1, -0.05) is 30.3 Å². The molecular formula is C21H22N2O3S. The van der Waals surface area contributed by atoms with Crippen molar-refractivity contribution in [3.05, 3.63) is 48.5 Å². The molecule has 3 aromatic rings. The summed E-state index contributed by atoms with van der Waals surface area (Å²) in [6.07, 6.45) is 0. The van der Waals surface area contributed by atoms with E-state index in [0.29, 0.717) is 12.3 Å². The lowest BCUT2D eigenvalue weighted by Gasteiger charge is -2.14. The van der Waals surface area contributed by atoms with E-state index in [0.717, 1.165) is 38.6 Å². The first-order chi connectivity index (χ1) is 13.1. The van der Waals surface area contributed by atoms with Crippen LogP contribution in [0.25, 0.3) is 22.0 Å². The van der Waals surface area contributed by atoms with Gasteiger partial charge >= 0.3 is 0 Å². The third-order valence-electron chi connectivity index (χ3n) is 4.09. The van der Waals surface area contributed by atoms with Gasteiger partial charge in [-0.2, -0.15) is 0 Å². The molecule has 1 amide bonds. The van der Waals surface area contributed by atoms with Gasteiger partial charge in [0.05, 0.1) is 30.1 Å². The molecule has 6 heteroatoms. The maximum atomic E-state index is 11.0. The average molecular weight is 382 g/mol. The highest BCUT2D eigenvalue weighted by Crippen LogP contribution is 2.39. The standard InChI is InChI=1S/C21H22N2O3S/c1-14(24)22-9-10-27-20-13-17(15-7-5-4-6-8-15)21-18(23-20)11-16(25-2)12-19(21)26-3/h4-8,11-13H,9-10H2,1-3H3,(H,22,24). The first-order valence-electron chi connectivity index (χ1n) is 8.62. The molecule has 0 fully saturated rings. The van der Waals surface area contributed by atoms with Gasteiger partial charge in [-0.3, -0.25) is 4.79 Å². The maximum absolute atomic E-state index is 11.0. The minimum atomic E-state index is -0.0264. The number of hydrogen-bond donors (Lipinski definition) is 1. The maximum Gasteiger partial charge on any atom is 0.216 e. The Kier molecular flexibility index (Phi) is 6.19. The fraction of sp³-hybridized carbons (Fsp3) is 0.238. The predicted molar refractivity (Wildman–Crippen MR) is 110 cm³/mol. The van der Waals surface area contributed by atoms with Crippen molar-refractivity contribution in [1.29, 1.82) is 0 Å². The topological polar surface area (TPSA) is 60.5 Å². The molecule has 2 aromatic carbocycles. The van der Waals surface area contributed by atoms with E-state index in [1.54, 1.807) is 26.0 Å². The van der Waals surface area contributed by atoms with Gasteiger partial charge in [-0.15, -0.1) is 11.8 Å². The zero-order chi connectivity index (χ0) is 19.2. The summed E-state index contributed by atoms with van der Waals surface area (Å²) < 4.78 is 11.0. The van der Waals surface area contributed by atoms with Gasteiger partial charge in [0.2, 0.25) is 5.91 Å². The lowest BCUT2D eigenvalue weighted by Crippen LogP contribution is -2.22. The fourth-order valence-electron chi connectivity index (χ4n) is 2.86. The molecule has 3 rings (SSSR count). The molecule has 5 nitrogen and oxygen atoms in total. The number of thioether (sulfide) groups is 1. The van der Waals surface area contributed by atoms with Crippen LogP contribution in [0, 0.1) is 0 Å². The highest BCUT2D eigenvalue weighted by molar-refractivity contribution is 7.99. The summed E-state index contributed by atoms with van der Waals surface area (Å²) in [5.41, 5.74) is 2.97. The lowest BCUT2D eigenvalue weighted by molar-refractivity contribution is -0.118. The van der Waals surface area contributed by atoms with Crippen molar-refractivity contribution in [3.63, 3.8) is 0 Å². The Morgan fingerprint density at radius 2 is 1.89 bits per heavy atom. The van der Waals surface area contributed by atoms with Crippen molar-refractivity contribution in [1.82, 2.24) is 10.3 Å². The summed E-state index contributed by atoms with van der Waals surface area (Å²) in [5, 5.41) is 4.65. The summed E-state index contributed by atoms with van der Waals surface area (Å²) in [6.45, 7) is 2.12. The number of nitrogens with one attached hydrogen (secondary N) is 1. The van der Waals surface area contributed by atoms with E-state index in [2.05, 4.69) is 23.5 Å². The van der Waals surface area contributed by atoms with Crippen LogP contribution in [0.2, 0.25) is 0 Å². The smallest absolute Gasteiger partial charge is 0.216 e. The molecule has 0 bridgehead atoms. The highest BCUT2D eigenvalue weighted by atomic mass is 32.2. The average Bonchev–Trinajstić information content (AvgIpc) is 2.70. The number of benzene rings is 2. The van der Waals surface area contributed by atoms with Crippen molar-refractivity contribution in [2.24, 2.45) is 0 Å². The molecule has 0 spiro atoms. The third kappa shape index (κ3) is 4.52. The largest absolute Gasteiger partial charge is 0.497 e. The number of fused-ring (bicyclic) bond motifs is 1. The van der Waals surface area contributed by atoms with E-state index < -0.39 is 0 Å². The minimum absolute atomic E-state index is 0.0264. The van der Waals surface area contributed by atoms with Crippen LogP contribution in [0.15, 0.2) is 53.6 Å². The van der Waals surface area contributed by atoms with Crippen LogP contribution in [-0.4, -0.2) is 37.4 Å². The number of amides is 1. The predicted octanol–water partition coefficient (Wildman–Crippen LogP) is 4.15. The summed E-state index contributed by atoms with van der Waals surface area (Å²) in [4.78, 5) is 15.8. The van der Waals surface area contributed by atoms with Crippen LogP contribution in [0.3, 0.4) is 0 Å². The number of hydrogen-bond acceptors (Lipinski definition) is 5.